The molecule has 0 bridgehead atoms. The maximum atomic E-state index is 9.17. The van der Waals surface area contributed by atoms with Crippen LogP contribution in [0.25, 0.3) is 11.1 Å². The Morgan fingerprint density at radius 2 is 1.95 bits per heavy atom. The number of aliphatic hydroxyl groups is 1. The number of rotatable bonds is 4. The molecule has 0 fully saturated rings. The van der Waals surface area contributed by atoms with Gasteiger partial charge in [-0.1, -0.05) is 12.1 Å². The molecule has 0 radical (unpaired) electrons. The third-order valence-electron chi connectivity index (χ3n) is 3.05. The number of nitrogen functional groups attached to an aromatic ring is 2. The van der Waals surface area contributed by atoms with Crippen molar-refractivity contribution in [3.05, 3.63) is 42.0 Å². The van der Waals surface area contributed by atoms with Crippen molar-refractivity contribution in [2.45, 2.75) is 6.42 Å². The maximum Gasteiger partial charge on any atom is 0.119 e. The summed E-state index contributed by atoms with van der Waals surface area (Å²) in [5, 5.41) is 9.17. The van der Waals surface area contributed by atoms with Gasteiger partial charge in [-0.2, -0.15) is 0 Å². The zero-order valence-corrected chi connectivity index (χ0v) is 10.9. The topological polar surface area (TPSA) is 81.5 Å². The largest absolute Gasteiger partial charge is 0.497 e. The molecule has 2 aromatic rings. The van der Waals surface area contributed by atoms with Crippen LogP contribution in [0.3, 0.4) is 0 Å². The summed E-state index contributed by atoms with van der Waals surface area (Å²) in [7, 11) is 1.63. The van der Waals surface area contributed by atoms with Gasteiger partial charge in [0.25, 0.3) is 0 Å². The number of hydrogen-bond acceptors (Lipinski definition) is 4. The molecular weight excluding hydrogens is 240 g/mol. The molecule has 2 rings (SSSR count). The summed E-state index contributed by atoms with van der Waals surface area (Å²) >= 11 is 0. The van der Waals surface area contributed by atoms with Crippen LogP contribution in [0, 0.1) is 0 Å². The first-order valence-corrected chi connectivity index (χ1v) is 6.09. The molecule has 0 aromatic heterocycles. The van der Waals surface area contributed by atoms with Crippen LogP contribution < -0.4 is 16.2 Å². The van der Waals surface area contributed by atoms with E-state index in [9.17, 15) is 5.11 Å². The van der Waals surface area contributed by atoms with Crippen molar-refractivity contribution in [1.82, 2.24) is 0 Å². The lowest BCUT2D eigenvalue weighted by atomic mass is 9.95. The van der Waals surface area contributed by atoms with E-state index >= 15 is 0 Å². The molecule has 0 atom stereocenters. The Kier molecular flexibility index (Phi) is 3.92. The summed E-state index contributed by atoms with van der Waals surface area (Å²) in [5.41, 5.74) is 15.9. The molecule has 0 heterocycles. The Hall–Kier alpha value is -2.20. The first kappa shape index (κ1) is 13.2. The predicted octanol–water partition coefficient (Wildman–Crippen LogP) is 2.06. The van der Waals surface area contributed by atoms with Crippen LogP contribution in [0.1, 0.15) is 5.56 Å². The minimum atomic E-state index is 0.0467. The highest BCUT2D eigenvalue weighted by molar-refractivity contribution is 5.78. The lowest BCUT2D eigenvalue weighted by Gasteiger charge is -2.14. The third kappa shape index (κ3) is 2.80. The van der Waals surface area contributed by atoms with Crippen molar-refractivity contribution in [1.29, 1.82) is 0 Å². The van der Waals surface area contributed by atoms with Crippen molar-refractivity contribution in [2.24, 2.45) is 0 Å². The number of methoxy groups -OCH3 is 1. The number of benzene rings is 2. The molecule has 0 saturated carbocycles. The summed E-state index contributed by atoms with van der Waals surface area (Å²) in [5.74, 6) is 0.772. The van der Waals surface area contributed by atoms with Crippen molar-refractivity contribution < 1.29 is 9.84 Å². The van der Waals surface area contributed by atoms with Crippen molar-refractivity contribution in [3.8, 4) is 16.9 Å². The molecule has 0 aliphatic rings. The van der Waals surface area contributed by atoms with Gasteiger partial charge in [0.2, 0.25) is 0 Å². The van der Waals surface area contributed by atoms with Crippen molar-refractivity contribution >= 4 is 11.4 Å². The molecule has 0 saturated heterocycles. The first-order chi connectivity index (χ1) is 9.15. The molecule has 100 valence electrons. The number of anilines is 2. The van der Waals surface area contributed by atoms with Gasteiger partial charge in [-0.05, 0) is 47.4 Å². The van der Waals surface area contributed by atoms with E-state index in [1.807, 2.05) is 30.3 Å². The second-order valence-electron chi connectivity index (χ2n) is 4.34. The molecule has 0 spiro atoms. The van der Waals surface area contributed by atoms with Crippen LogP contribution in [-0.2, 0) is 6.42 Å². The monoisotopic (exact) mass is 258 g/mol. The highest BCUT2D eigenvalue weighted by Crippen LogP contribution is 2.32. The number of nitrogens with two attached hydrogens (primary N) is 2. The highest BCUT2D eigenvalue weighted by atomic mass is 16.5. The van der Waals surface area contributed by atoms with Gasteiger partial charge in [0.05, 0.1) is 7.11 Å². The average Bonchev–Trinajstić information content (AvgIpc) is 2.41. The van der Waals surface area contributed by atoms with Gasteiger partial charge in [-0.3, -0.25) is 0 Å². The first-order valence-electron chi connectivity index (χ1n) is 6.09. The summed E-state index contributed by atoms with van der Waals surface area (Å²) in [6.45, 7) is 0.0467. The van der Waals surface area contributed by atoms with Gasteiger partial charge in [0.1, 0.15) is 5.75 Å². The second kappa shape index (κ2) is 5.63. The summed E-state index contributed by atoms with van der Waals surface area (Å²) in [6, 6.07) is 11.3. The van der Waals surface area contributed by atoms with Crippen molar-refractivity contribution in [3.63, 3.8) is 0 Å². The molecule has 0 aliphatic carbocycles. The van der Waals surface area contributed by atoms with Crippen LogP contribution in [0.15, 0.2) is 36.4 Å². The Labute approximate surface area is 112 Å². The smallest absolute Gasteiger partial charge is 0.119 e. The number of ether oxygens (including phenoxy) is 1. The number of hydrogen-bond donors (Lipinski definition) is 3. The van der Waals surface area contributed by atoms with E-state index in [0.29, 0.717) is 17.8 Å². The Morgan fingerprint density at radius 3 is 2.63 bits per heavy atom. The molecule has 5 N–H and O–H groups in total. The molecule has 2 aromatic carbocycles. The van der Waals surface area contributed by atoms with Gasteiger partial charge in [-0.15, -0.1) is 0 Å². The standard InChI is InChI=1S/C15H18N2O2/c1-19-12-4-2-3-10(7-12)14-8-11(16)9-15(17)13(14)5-6-18/h2-4,7-9,18H,5-6,16-17H2,1H3. The van der Waals surface area contributed by atoms with Gasteiger partial charge in [0, 0.05) is 18.0 Å². The second-order valence-corrected chi connectivity index (χ2v) is 4.34. The van der Waals surface area contributed by atoms with E-state index < -0.39 is 0 Å². The zero-order valence-electron chi connectivity index (χ0n) is 10.9. The normalized spacial score (nSPS) is 10.4. The zero-order chi connectivity index (χ0) is 13.8. The SMILES string of the molecule is COc1cccc(-c2cc(N)cc(N)c2CCO)c1. The molecular formula is C15H18N2O2. The van der Waals surface area contributed by atoms with E-state index in [2.05, 4.69) is 0 Å². The average molecular weight is 258 g/mol. The maximum absolute atomic E-state index is 9.17. The van der Waals surface area contributed by atoms with Gasteiger partial charge < -0.3 is 21.3 Å². The fourth-order valence-electron chi connectivity index (χ4n) is 2.16. The Morgan fingerprint density at radius 1 is 1.16 bits per heavy atom. The fourth-order valence-corrected chi connectivity index (χ4v) is 2.16. The van der Waals surface area contributed by atoms with Gasteiger partial charge >= 0.3 is 0 Å². The lowest BCUT2D eigenvalue weighted by Crippen LogP contribution is -2.02. The molecule has 0 unspecified atom stereocenters. The third-order valence-corrected chi connectivity index (χ3v) is 3.05. The van der Waals surface area contributed by atoms with Crippen molar-refractivity contribution in [2.75, 3.05) is 25.2 Å². The minimum absolute atomic E-state index is 0.0467. The fraction of sp³-hybridized carbons (Fsp3) is 0.200. The van der Waals surface area contributed by atoms with Crippen LogP contribution in [0.5, 0.6) is 5.75 Å². The lowest BCUT2D eigenvalue weighted by molar-refractivity contribution is 0.300. The van der Waals surface area contributed by atoms with E-state index in [-0.39, 0.29) is 6.61 Å². The van der Waals surface area contributed by atoms with E-state index in [1.54, 1.807) is 13.2 Å². The van der Waals surface area contributed by atoms with E-state index in [0.717, 1.165) is 22.4 Å². The molecule has 19 heavy (non-hydrogen) atoms. The van der Waals surface area contributed by atoms with E-state index in [1.165, 1.54) is 0 Å². The molecule has 4 nitrogen and oxygen atoms in total. The number of aliphatic hydroxyl groups excluding tert-OH is 1. The highest BCUT2D eigenvalue weighted by Gasteiger charge is 2.10. The Balaban J connectivity index is 2.58. The predicted molar refractivity (Wildman–Crippen MR) is 78.0 cm³/mol. The Bertz CT molecular complexity index is 582. The quantitative estimate of drug-likeness (QED) is 0.733. The molecule has 0 amide bonds. The summed E-state index contributed by atoms with van der Waals surface area (Å²) in [4.78, 5) is 0. The van der Waals surface area contributed by atoms with Gasteiger partial charge in [-0.25, -0.2) is 0 Å². The van der Waals surface area contributed by atoms with Crippen LogP contribution in [0.2, 0.25) is 0 Å². The minimum Gasteiger partial charge on any atom is -0.497 e. The summed E-state index contributed by atoms with van der Waals surface area (Å²) < 4.78 is 5.22. The van der Waals surface area contributed by atoms with Crippen LogP contribution in [0.4, 0.5) is 11.4 Å². The summed E-state index contributed by atoms with van der Waals surface area (Å²) in [6.07, 6.45) is 0.499. The molecule has 4 heteroatoms. The molecule has 0 aliphatic heterocycles. The van der Waals surface area contributed by atoms with E-state index in [4.69, 9.17) is 16.2 Å². The van der Waals surface area contributed by atoms with Crippen LogP contribution in [-0.4, -0.2) is 18.8 Å². The van der Waals surface area contributed by atoms with Gasteiger partial charge in [0.15, 0.2) is 0 Å². The van der Waals surface area contributed by atoms with Crippen LogP contribution >= 0.6 is 0 Å².